The van der Waals surface area contributed by atoms with Gasteiger partial charge in [-0.3, -0.25) is 4.99 Å². The maximum absolute atomic E-state index is 11.4. The van der Waals surface area contributed by atoms with Crippen molar-refractivity contribution in [2.75, 3.05) is 25.5 Å². The number of amides is 1. The third-order valence-corrected chi connectivity index (χ3v) is 2.65. The van der Waals surface area contributed by atoms with Crippen LogP contribution < -0.4 is 21.1 Å². The highest BCUT2D eigenvalue weighted by Crippen LogP contribution is 2.22. The molecular weight excluding hydrogens is 423 g/mol. The number of aliphatic imine (C=N–C) groups is 1. The van der Waals surface area contributed by atoms with Gasteiger partial charge in [0.05, 0.1) is 12.8 Å². The lowest BCUT2D eigenvalue weighted by atomic mass is 10.2. The standard InChI is InChI=1S/C16H26N4O3.HI/c1-16(2,3)23-15(21)19-11-7-10-18-14(17)20-12-8-5-6-9-13(12)22-4;/h5-6,8-9H,7,10-11H2,1-4H3,(H,19,21)(H3,17,18,20);1H. The van der Waals surface area contributed by atoms with E-state index in [1.807, 2.05) is 45.0 Å². The Labute approximate surface area is 160 Å². The van der Waals surface area contributed by atoms with E-state index in [0.717, 1.165) is 5.69 Å². The van der Waals surface area contributed by atoms with Crippen LogP contribution in [0.25, 0.3) is 0 Å². The Morgan fingerprint density at radius 2 is 1.96 bits per heavy atom. The first-order valence-corrected chi connectivity index (χ1v) is 7.48. The Morgan fingerprint density at radius 1 is 1.29 bits per heavy atom. The van der Waals surface area contributed by atoms with Crippen molar-refractivity contribution in [1.82, 2.24) is 5.32 Å². The first kappa shape index (κ1) is 22.3. The number of carbonyl (C=O) groups excluding carboxylic acids is 1. The quantitative estimate of drug-likeness (QED) is 0.268. The van der Waals surface area contributed by atoms with Gasteiger partial charge in [-0.05, 0) is 39.3 Å². The van der Waals surface area contributed by atoms with Crippen molar-refractivity contribution in [2.24, 2.45) is 10.7 Å². The van der Waals surface area contributed by atoms with E-state index in [1.54, 1.807) is 7.11 Å². The predicted molar refractivity (Wildman–Crippen MR) is 107 cm³/mol. The van der Waals surface area contributed by atoms with Crippen LogP contribution in [-0.4, -0.2) is 37.9 Å². The smallest absolute Gasteiger partial charge is 0.407 e. The Morgan fingerprint density at radius 3 is 2.58 bits per heavy atom. The third-order valence-electron chi connectivity index (χ3n) is 2.65. The number of methoxy groups -OCH3 is 1. The Balaban J connectivity index is 0.00000529. The predicted octanol–water partition coefficient (Wildman–Crippen LogP) is 2.95. The molecule has 0 aliphatic heterocycles. The third kappa shape index (κ3) is 9.43. The van der Waals surface area contributed by atoms with Crippen LogP contribution in [0.3, 0.4) is 0 Å². The van der Waals surface area contributed by atoms with E-state index in [9.17, 15) is 4.79 Å². The molecule has 0 aliphatic rings. The summed E-state index contributed by atoms with van der Waals surface area (Å²) in [7, 11) is 1.59. The second kappa shape index (κ2) is 11.0. The number of rotatable bonds is 6. The lowest BCUT2D eigenvalue weighted by Crippen LogP contribution is -2.33. The van der Waals surface area contributed by atoms with Crippen LogP contribution in [0.5, 0.6) is 5.75 Å². The lowest BCUT2D eigenvalue weighted by molar-refractivity contribution is 0.0527. The highest BCUT2D eigenvalue weighted by Gasteiger charge is 2.15. The molecule has 0 unspecified atom stereocenters. The molecule has 24 heavy (non-hydrogen) atoms. The molecule has 0 bridgehead atoms. The largest absolute Gasteiger partial charge is 0.495 e. The number of nitrogens with one attached hydrogen (secondary N) is 2. The van der Waals surface area contributed by atoms with Gasteiger partial charge in [0.1, 0.15) is 11.4 Å². The fourth-order valence-corrected chi connectivity index (χ4v) is 1.71. The van der Waals surface area contributed by atoms with Gasteiger partial charge in [-0.1, -0.05) is 12.1 Å². The van der Waals surface area contributed by atoms with Crippen molar-refractivity contribution in [1.29, 1.82) is 0 Å². The average molecular weight is 450 g/mol. The molecule has 7 nitrogen and oxygen atoms in total. The van der Waals surface area contributed by atoms with Crippen LogP contribution >= 0.6 is 24.0 Å². The molecule has 1 aromatic rings. The summed E-state index contributed by atoms with van der Waals surface area (Å²) in [6, 6.07) is 7.44. The minimum atomic E-state index is -0.495. The normalized spacial score (nSPS) is 11.2. The SMILES string of the molecule is COc1ccccc1NC(N)=NCCCNC(=O)OC(C)(C)C.I. The molecule has 0 aliphatic carbocycles. The zero-order valence-electron chi connectivity index (χ0n) is 14.6. The van der Waals surface area contributed by atoms with Gasteiger partial charge < -0.3 is 25.8 Å². The van der Waals surface area contributed by atoms with Gasteiger partial charge in [0, 0.05) is 13.1 Å². The van der Waals surface area contributed by atoms with Gasteiger partial charge in [-0.15, -0.1) is 24.0 Å². The highest BCUT2D eigenvalue weighted by molar-refractivity contribution is 14.0. The number of anilines is 1. The Bertz CT molecular complexity index is 544. The van der Waals surface area contributed by atoms with E-state index in [0.29, 0.717) is 31.2 Å². The highest BCUT2D eigenvalue weighted by atomic mass is 127. The zero-order chi connectivity index (χ0) is 17.3. The second-order valence-electron chi connectivity index (χ2n) is 5.87. The van der Waals surface area contributed by atoms with E-state index in [1.165, 1.54) is 0 Å². The summed E-state index contributed by atoms with van der Waals surface area (Å²) < 4.78 is 10.4. The van der Waals surface area contributed by atoms with E-state index in [4.69, 9.17) is 15.2 Å². The zero-order valence-corrected chi connectivity index (χ0v) is 16.9. The van der Waals surface area contributed by atoms with Gasteiger partial charge >= 0.3 is 6.09 Å². The van der Waals surface area contributed by atoms with Crippen LogP contribution in [0.1, 0.15) is 27.2 Å². The monoisotopic (exact) mass is 450 g/mol. The number of nitrogens with zero attached hydrogens (tertiary/aromatic N) is 1. The van der Waals surface area contributed by atoms with E-state index in [-0.39, 0.29) is 24.0 Å². The average Bonchev–Trinajstić information content (AvgIpc) is 2.45. The Hall–Kier alpha value is -1.71. The molecule has 1 amide bonds. The van der Waals surface area contributed by atoms with Crippen molar-refractivity contribution in [3.8, 4) is 5.75 Å². The number of hydrogen-bond acceptors (Lipinski definition) is 4. The van der Waals surface area contributed by atoms with Crippen molar-refractivity contribution < 1.29 is 14.3 Å². The molecule has 1 rings (SSSR count). The molecule has 0 spiro atoms. The van der Waals surface area contributed by atoms with Gasteiger partial charge in [-0.2, -0.15) is 0 Å². The molecular formula is C16H27IN4O3. The lowest BCUT2D eigenvalue weighted by Gasteiger charge is -2.19. The number of guanidine groups is 1. The minimum absolute atomic E-state index is 0. The molecule has 0 fully saturated rings. The topological polar surface area (TPSA) is 98.0 Å². The number of benzene rings is 1. The number of halogens is 1. The van der Waals surface area contributed by atoms with Crippen molar-refractivity contribution in [3.05, 3.63) is 24.3 Å². The molecule has 0 atom stereocenters. The van der Waals surface area contributed by atoms with Crippen LogP contribution in [0.15, 0.2) is 29.3 Å². The number of alkyl carbamates (subject to hydrolysis) is 1. The maximum Gasteiger partial charge on any atom is 0.407 e. The first-order valence-electron chi connectivity index (χ1n) is 7.48. The summed E-state index contributed by atoms with van der Waals surface area (Å²) in [4.78, 5) is 15.6. The van der Waals surface area contributed by atoms with Gasteiger partial charge in [-0.25, -0.2) is 4.79 Å². The van der Waals surface area contributed by atoms with E-state index in [2.05, 4.69) is 15.6 Å². The summed E-state index contributed by atoms with van der Waals surface area (Å²) >= 11 is 0. The first-order chi connectivity index (χ1) is 10.8. The molecule has 8 heteroatoms. The molecule has 4 N–H and O–H groups in total. The number of ether oxygens (including phenoxy) is 2. The van der Waals surface area contributed by atoms with Crippen LogP contribution in [0, 0.1) is 0 Å². The summed E-state index contributed by atoms with van der Waals surface area (Å²) in [5.74, 6) is 0.990. The number of hydrogen-bond donors (Lipinski definition) is 3. The van der Waals surface area contributed by atoms with Crippen molar-refractivity contribution in [3.63, 3.8) is 0 Å². The second-order valence-corrected chi connectivity index (χ2v) is 5.87. The summed E-state index contributed by atoms with van der Waals surface area (Å²) in [5.41, 5.74) is 6.08. The summed E-state index contributed by atoms with van der Waals surface area (Å²) in [6.07, 6.45) is 0.231. The van der Waals surface area contributed by atoms with Crippen LogP contribution in [0.4, 0.5) is 10.5 Å². The van der Waals surface area contributed by atoms with Crippen LogP contribution in [-0.2, 0) is 4.74 Å². The van der Waals surface area contributed by atoms with Gasteiger partial charge in [0.2, 0.25) is 0 Å². The van der Waals surface area contributed by atoms with Crippen LogP contribution in [0.2, 0.25) is 0 Å². The number of carbonyl (C=O) groups is 1. The molecule has 0 aromatic heterocycles. The van der Waals surface area contributed by atoms with E-state index >= 15 is 0 Å². The number of nitrogens with two attached hydrogens (primary N) is 1. The molecule has 0 saturated heterocycles. The molecule has 0 radical (unpaired) electrons. The summed E-state index contributed by atoms with van der Waals surface area (Å²) in [6.45, 7) is 6.42. The fraction of sp³-hybridized carbons (Fsp3) is 0.500. The molecule has 0 heterocycles. The fourth-order valence-electron chi connectivity index (χ4n) is 1.71. The van der Waals surface area contributed by atoms with Gasteiger partial charge in [0.25, 0.3) is 0 Å². The molecule has 1 aromatic carbocycles. The molecule has 0 saturated carbocycles. The summed E-state index contributed by atoms with van der Waals surface area (Å²) in [5, 5.41) is 5.65. The van der Waals surface area contributed by atoms with Gasteiger partial charge in [0.15, 0.2) is 5.96 Å². The van der Waals surface area contributed by atoms with Crippen molar-refractivity contribution in [2.45, 2.75) is 32.8 Å². The molecule has 136 valence electrons. The Kier molecular flexibility index (Phi) is 10.2. The number of para-hydroxylation sites is 2. The minimum Gasteiger partial charge on any atom is -0.495 e. The van der Waals surface area contributed by atoms with E-state index < -0.39 is 11.7 Å². The maximum atomic E-state index is 11.4. The van der Waals surface area contributed by atoms with Crippen molar-refractivity contribution >= 4 is 41.7 Å².